The van der Waals surface area contributed by atoms with Crippen LogP contribution in [0.2, 0.25) is 0 Å². The van der Waals surface area contributed by atoms with Gasteiger partial charge in [-0.05, 0) is 38.2 Å². The Labute approximate surface area is 166 Å². The number of hydrogen-bond donors (Lipinski definition) is 0. The molecule has 152 valence electrons. The summed E-state index contributed by atoms with van der Waals surface area (Å²) < 4.78 is 44.2. The van der Waals surface area contributed by atoms with Crippen LogP contribution in [0.4, 0.5) is 13.2 Å². The smallest absolute Gasteiger partial charge is 0.158 e. The summed E-state index contributed by atoms with van der Waals surface area (Å²) in [5.74, 6) is -1.91. The number of carbonyl (C=O) groups is 1. The van der Waals surface area contributed by atoms with Crippen LogP contribution >= 0.6 is 0 Å². The van der Waals surface area contributed by atoms with Crippen molar-refractivity contribution in [3.05, 3.63) is 41.5 Å². The van der Waals surface area contributed by atoms with Crippen molar-refractivity contribution in [1.29, 1.82) is 0 Å². The van der Waals surface area contributed by atoms with Crippen molar-refractivity contribution in [1.82, 2.24) is 19.7 Å². The number of nitrogens with zero attached hydrogens (tertiary/aromatic N) is 4. The SMILES string of the molecule is CC(=O)[C@@H]1CCCC(Cc2nc(-c3nn(C)c4ncc(F)cc34)c(F)cc2F)C1. The van der Waals surface area contributed by atoms with Crippen molar-refractivity contribution in [3.63, 3.8) is 0 Å². The highest BCUT2D eigenvalue weighted by Crippen LogP contribution is 2.34. The summed E-state index contributed by atoms with van der Waals surface area (Å²) >= 11 is 0. The Balaban J connectivity index is 1.72. The Morgan fingerprint density at radius 2 is 1.97 bits per heavy atom. The van der Waals surface area contributed by atoms with Gasteiger partial charge in [-0.3, -0.25) is 4.79 Å². The van der Waals surface area contributed by atoms with E-state index in [2.05, 4.69) is 15.1 Å². The van der Waals surface area contributed by atoms with Gasteiger partial charge < -0.3 is 0 Å². The highest BCUT2D eigenvalue weighted by molar-refractivity contribution is 5.90. The maximum atomic E-state index is 14.6. The predicted octanol–water partition coefficient (Wildman–Crippen LogP) is 4.39. The van der Waals surface area contributed by atoms with Gasteiger partial charge in [0.1, 0.15) is 28.8 Å². The number of hydrogen-bond acceptors (Lipinski definition) is 4. The largest absolute Gasteiger partial charge is 0.300 e. The fraction of sp³-hybridized carbons (Fsp3) is 0.429. The van der Waals surface area contributed by atoms with Gasteiger partial charge in [0.25, 0.3) is 0 Å². The molecule has 0 aliphatic heterocycles. The molecule has 0 spiro atoms. The normalized spacial score (nSPS) is 19.6. The van der Waals surface area contributed by atoms with E-state index in [0.29, 0.717) is 23.9 Å². The van der Waals surface area contributed by atoms with E-state index >= 15 is 0 Å². The lowest BCUT2D eigenvalue weighted by atomic mass is 9.78. The summed E-state index contributed by atoms with van der Waals surface area (Å²) in [7, 11) is 1.61. The van der Waals surface area contributed by atoms with Gasteiger partial charge in [-0.25, -0.2) is 27.8 Å². The molecule has 0 aromatic carbocycles. The van der Waals surface area contributed by atoms with Crippen LogP contribution in [0.5, 0.6) is 0 Å². The zero-order chi connectivity index (χ0) is 20.7. The number of Topliss-reactive ketones (excluding diaryl/α,β-unsaturated/α-hetero) is 1. The molecule has 29 heavy (non-hydrogen) atoms. The summed E-state index contributed by atoms with van der Waals surface area (Å²) in [5.41, 5.74) is 0.514. The predicted molar refractivity (Wildman–Crippen MR) is 101 cm³/mol. The number of pyridine rings is 2. The monoisotopic (exact) mass is 402 g/mol. The Bertz CT molecular complexity index is 1100. The molecule has 0 radical (unpaired) electrons. The van der Waals surface area contributed by atoms with Crippen molar-refractivity contribution in [2.45, 2.75) is 39.0 Å². The van der Waals surface area contributed by atoms with Crippen molar-refractivity contribution in [3.8, 4) is 11.4 Å². The van der Waals surface area contributed by atoms with Crippen LogP contribution < -0.4 is 0 Å². The molecule has 1 aliphatic carbocycles. The third kappa shape index (κ3) is 3.75. The quantitative estimate of drug-likeness (QED) is 0.650. The van der Waals surface area contributed by atoms with Gasteiger partial charge in [0.15, 0.2) is 11.5 Å². The molecule has 5 nitrogen and oxygen atoms in total. The van der Waals surface area contributed by atoms with E-state index in [-0.39, 0.29) is 34.7 Å². The van der Waals surface area contributed by atoms with Crippen molar-refractivity contribution >= 4 is 16.8 Å². The molecule has 1 fully saturated rings. The fourth-order valence-corrected chi connectivity index (χ4v) is 4.22. The van der Waals surface area contributed by atoms with Crippen LogP contribution in [-0.4, -0.2) is 25.5 Å². The first-order valence-electron chi connectivity index (χ1n) is 9.67. The van der Waals surface area contributed by atoms with E-state index in [4.69, 9.17) is 0 Å². The lowest BCUT2D eigenvalue weighted by molar-refractivity contribution is -0.122. The molecule has 2 atom stereocenters. The molecule has 0 bridgehead atoms. The van der Waals surface area contributed by atoms with E-state index in [0.717, 1.165) is 31.5 Å². The molecule has 1 aliphatic rings. The van der Waals surface area contributed by atoms with Gasteiger partial charge in [-0.1, -0.05) is 12.8 Å². The number of aromatic nitrogens is 4. The number of aryl methyl sites for hydroxylation is 1. The van der Waals surface area contributed by atoms with Crippen LogP contribution in [-0.2, 0) is 18.3 Å². The van der Waals surface area contributed by atoms with Gasteiger partial charge in [0.05, 0.1) is 17.3 Å². The molecular formula is C21H21F3N4O. The van der Waals surface area contributed by atoms with Gasteiger partial charge in [0, 0.05) is 19.0 Å². The minimum atomic E-state index is -0.860. The van der Waals surface area contributed by atoms with Crippen molar-refractivity contribution < 1.29 is 18.0 Å². The summed E-state index contributed by atoms with van der Waals surface area (Å²) in [5, 5.41) is 4.54. The second kappa shape index (κ2) is 7.57. The van der Waals surface area contributed by atoms with Crippen LogP contribution in [0.25, 0.3) is 22.4 Å². The molecule has 8 heteroatoms. The second-order valence-corrected chi connectivity index (χ2v) is 7.79. The third-order valence-electron chi connectivity index (χ3n) is 5.71. The molecule has 3 aromatic heterocycles. The molecular weight excluding hydrogens is 381 g/mol. The maximum absolute atomic E-state index is 14.6. The molecule has 0 N–H and O–H groups in total. The first-order chi connectivity index (χ1) is 13.8. The number of carbonyl (C=O) groups excluding carboxylic acids is 1. The van der Waals surface area contributed by atoms with E-state index in [1.807, 2.05) is 0 Å². The molecule has 3 aromatic rings. The standard InChI is InChI=1S/C21H21F3N4O/c1-11(29)13-5-3-4-12(6-13)7-18-16(23)9-17(24)20(26-18)19-15-8-14(22)10-25-21(15)28(2)27-19/h8-10,12-13H,3-7H2,1-2H3/t12?,13-/m1/s1. The Morgan fingerprint density at radius 3 is 2.72 bits per heavy atom. The van der Waals surface area contributed by atoms with Crippen molar-refractivity contribution in [2.75, 3.05) is 0 Å². The van der Waals surface area contributed by atoms with Gasteiger partial charge in [0.2, 0.25) is 0 Å². The number of rotatable bonds is 4. The Kier molecular flexibility index (Phi) is 5.10. The van der Waals surface area contributed by atoms with E-state index < -0.39 is 17.5 Å². The highest BCUT2D eigenvalue weighted by atomic mass is 19.1. The zero-order valence-corrected chi connectivity index (χ0v) is 16.3. The average molecular weight is 402 g/mol. The third-order valence-corrected chi connectivity index (χ3v) is 5.71. The summed E-state index contributed by atoms with van der Waals surface area (Å²) in [6.45, 7) is 1.58. The van der Waals surface area contributed by atoms with Crippen LogP contribution in [0.1, 0.15) is 38.3 Å². The van der Waals surface area contributed by atoms with Crippen molar-refractivity contribution in [2.24, 2.45) is 18.9 Å². The zero-order valence-electron chi connectivity index (χ0n) is 16.3. The summed E-state index contributed by atoms with van der Waals surface area (Å²) in [6.07, 6.45) is 4.70. The highest BCUT2D eigenvalue weighted by Gasteiger charge is 2.27. The molecule has 4 rings (SSSR count). The first-order valence-corrected chi connectivity index (χ1v) is 9.67. The topological polar surface area (TPSA) is 60.7 Å². The maximum Gasteiger partial charge on any atom is 0.158 e. The minimum Gasteiger partial charge on any atom is -0.300 e. The number of halogens is 3. The molecule has 0 amide bonds. The lowest BCUT2D eigenvalue weighted by Crippen LogP contribution is -2.23. The lowest BCUT2D eigenvalue weighted by Gasteiger charge is -2.27. The van der Waals surface area contributed by atoms with Crippen LogP contribution in [0.3, 0.4) is 0 Å². The molecule has 1 unspecified atom stereocenters. The van der Waals surface area contributed by atoms with Gasteiger partial charge in [-0.2, -0.15) is 5.10 Å². The average Bonchev–Trinajstić information content (AvgIpc) is 2.99. The minimum absolute atomic E-state index is 0.00878. The number of fused-ring (bicyclic) bond motifs is 1. The molecule has 1 saturated carbocycles. The fourth-order valence-electron chi connectivity index (χ4n) is 4.22. The van der Waals surface area contributed by atoms with Gasteiger partial charge >= 0.3 is 0 Å². The van der Waals surface area contributed by atoms with Crippen LogP contribution in [0.15, 0.2) is 18.3 Å². The second-order valence-electron chi connectivity index (χ2n) is 7.79. The van der Waals surface area contributed by atoms with E-state index in [1.54, 1.807) is 14.0 Å². The number of ketones is 1. The summed E-state index contributed by atoms with van der Waals surface area (Å²) in [4.78, 5) is 19.9. The van der Waals surface area contributed by atoms with Gasteiger partial charge in [-0.15, -0.1) is 0 Å². The first kappa shape index (κ1) is 19.5. The summed E-state index contributed by atoms with van der Waals surface area (Å²) in [6, 6.07) is 2.02. The molecule has 0 saturated heterocycles. The Morgan fingerprint density at radius 1 is 1.17 bits per heavy atom. The molecule has 3 heterocycles. The Hall–Kier alpha value is -2.77. The van der Waals surface area contributed by atoms with Crippen LogP contribution in [0, 0.1) is 29.3 Å². The van der Waals surface area contributed by atoms with E-state index in [9.17, 15) is 18.0 Å². The van der Waals surface area contributed by atoms with E-state index in [1.165, 1.54) is 10.7 Å².